The van der Waals surface area contributed by atoms with E-state index in [1.807, 2.05) is 6.07 Å². The second-order valence-electron chi connectivity index (χ2n) is 2.82. The third kappa shape index (κ3) is 2.10. The summed E-state index contributed by atoms with van der Waals surface area (Å²) in [6.45, 7) is 2.07. The van der Waals surface area contributed by atoms with Gasteiger partial charge in [0.15, 0.2) is 5.82 Å². The Morgan fingerprint density at radius 3 is 3.00 bits per heavy atom. The van der Waals surface area contributed by atoms with Crippen molar-refractivity contribution in [2.75, 3.05) is 11.5 Å². The molecule has 0 saturated heterocycles. The second kappa shape index (κ2) is 4.31. The van der Waals surface area contributed by atoms with Crippen LogP contribution in [0.4, 0.5) is 5.82 Å². The highest BCUT2D eigenvalue weighted by Gasteiger charge is 2.07. The molecule has 0 atom stereocenters. The first-order valence-electron chi connectivity index (χ1n) is 4.56. The molecular weight excluding hydrogens is 210 g/mol. The molecule has 2 rings (SSSR count). The molecule has 0 bridgehead atoms. The lowest BCUT2D eigenvalue weighted by Gasteiger charge is -2.00. The molecule has 0 spiro atoms. The van der Waals surface area contributed by atoms with Crippen molar-refractivity contribution in [2.24, 2.45) is 0 Å². The third-order valence-electron chi connectivity index (χ3n) is 1.77. The SMILES string of the molecule is CCSc1cc(N)n(-c2cnccn2)n1. The average Bonchev–Trinajstić information content (AvgIpc) is 2.61. The van der Waals surface area contributed by atoms with Gasteiger partial charge < -0.3 is 5.73 Å². The summed E-state index contributed by atoms with van der Waals surface area (Å²) in [7, 11) is 0. The van der Waals surface area contributed by atoms with Crippen LogP contribution in [-0.4, -0.2) is 25.5 Å². The lowest BCUT2D eigenvalue weighted by molar-refractivity contribution is 0.812. The fourth-order valence-electron chi connectivity index (χ4n) is 1.18. The van der Waals surface area contributed by atoms with E-state index >= 15 is 0 Å². The summed E-state index contributed by atoms with van der Waals surface area (Å²) in [6, 6.07) is 1.84. The molecule has 0 aliphatic heterocycles. The van der Waals surface area contributed by atoms with E-state index in [-0.39, 0.29) is 0 Å². The Balaban J connectivity index is 2.36. The summed E-state index contributed by atoms with van der Waals surface area (Å²) in [4.78, 5) is 8.10. The number of aromatic nitrogens is 4. The van der Waals surface area contributed by atoms with E-state index in [2.05, 4.69) is 22.0 Å². The molecule has 2 heterocycles. The molecular formula is C9H11N5S. The van der Waals surface area contributed by atoms with E-state index < -0.39 is 0 Å². The smallest absolute Gasteiger partial charge is 0.174 e. The number of hydrogen-bond donors (Lipinski definition) is 1. The number of anilines is 1. The third-order valence-corrected chi connectivity index (χ3v) is 2.56. The zero-order chi connectivity index (χ0) is 10.7. The molecule has 6 heteroatoms. The fourth-order valence-corrected chi connectivity index (χ4v) is 1.81. The zero-order valence-corrected chi connectivity index (χ0v) is 9.11. The molecule has 5 nitrogen and oxygen atoms in total. The fraction of sp³-hybridized carbons (Fsp3) is 0.222. The normalized spacial score (nSPS) is 10.5. The van der Waals surface area contributed by atoms with Crippen LogP contribution < -0.4 is 5.73 Å². The molecule has 2 aromatic rings. The van der Waals surface area contributed by atoms with Crippen LogP contribution in [0.5, 0.6) is 0 Å². The van der Waals surface area contributed by atoms with Gasteiger partial charge in [0.1, 0.15) is 10.8 Å². The highest BCUT2D eigenvalue weighted by atomic mass is 32.2. The summed E-state index contributed by atoms with van der Waals surface area (Å²) in [5.74, 6) is 2.18. The number of nitrogen functional groups attached to an aromatic ring is 1. The number of rotatable bonds is 3. The molecule has 0 fully saturated rings. The first-order valence-corrected chi connectivity index (χ1v) is 5.54. The Kier molecular flexibility index (Phi) is 2.86. The van der Waals surface area contributed by atoms with E-state index in [9.17, 15) is 0 Å². The van der Waals surface area contributed by atoms with Gasteiger partial charge in [0, 0.05) is 18.5 Å². The van der Waals surface area contributed by atoms with Crippen LogP contribution in [0.1, 0.15) is 6.92 Å². The summed E-state index contributed by atoms with van der Waals surface area (Å²) in [5, 5.41) is 5.23. The summed E-state index contributed by atoms with van der Waals surface area (Å²) in [5.41, 5.74) is 5.82. The monoisotopic (exact) mass is 221 g/mol. The van der Waals surface area contributed by atoms with Gasteiger partial charge in [0.05, 0.1) is 6.20 Å². The standard InChI is InChI=1S/C9H11N5S/c1-2-15-9-5-7(10)14(13-9)8-6-11-3-4-12-8/h3-6H,2,10H2,1H3. The molecule has 78 valence electrons. The van der Waals surface area contributed by atoms with Crippen LogP contribution in [-0.2, 0) is 0 Å². The summed E-state index contributed by atoms with van der Waals surface area (Å²) < 4.78 is 1.59. The summed E-state index contributed by atoms with van der Waals surface area (Å²) in [6.07, 6.45) is 4.86. The van der Waals surface area contributed by atoms with Crippen LogP contribution >= 0.6 is 11.8 Å². The molecule has 15 heavy (non-hydrogen) atoms. The number of nitrogens with zero attached hydrogens (tertiary/aromatic N) is 4. The number of thioether (sulfide) groups is 1. The predicted octanol–water partition coefficient (Wildman–Crippen LogP) is 1.36. The Morgan fingerprint density at radius 1 is 1.47 bits per heavy atom. The lowest BCUT2D eigenvalue weighted by Crippen LogP contribution is -2.03. The van der Waals surface area contributed by atoms with Crippen LogP contribution in [0.3, 0.4) is 0 Å². The molecule has 0 saturated carbocycles. The maximum atomic E-state index is 5.82. The molecule has 0 aliphatic rings. The van der Waals surface area contributed by atoms with Crippen molar-refractivity contribution in [3.63, 3.8) is 0 Å². The van der Waals surface area contributed by atoms with Crippen LogP contribution in [0.15, 0.2) is 29.7 Å². The van der Waals surface area contributed by atoms with Gasteiger partial charge in [-0.3, -0.25) is 4.98 Å². The van der Waals surface area contributed by atoms with Gasteiger partial charge in [-0.25, -0.2) is 4.98 Å². The van der Waals surface area contributed by atoms with Crippen LogP contribution in [0.25, 0.3) is 5.82 Å². The maximum absolute atomic E-state index is 5.82. The second-order valence-corrected chi connectivity index (χ2v) is 4.10. The van der Waals surface area contributed by atoms with Gasteiger partial charge in [-0.1, -0.05) is 6.92 Å². The Hall–Kier alpha value is -1.56. The quantitative estimate of drug-likeness (QED) is 0.792. The Morgan fingerprint density at radius 2 is 2.33 bits per heavy atom. The van der Waals surface area contributed by atoms with Crippen molar-refractivity contribution >= 4 is 17.6 Å². The largest absolute Gasteiger partial charge is 0.383 e. The highest BCUT2D eigenvalue weighted by Crippen LogP contribution is 2.20. The van der Waals surface area contributed by atoms with E-state index in [1.165, 1.54) is 0 Å². The topological polar surface area (TPSA) is 69.6 Å². The lowest BCUT2D eigenvalue weighted by atomic mass is 10.6. The van der Waals surface area contributed by atoms with Crippen molar-refractivity contribution in [3.05, 3.63) is 24.7 Å². The minimum absolute atomic E-state index is 0.575. The molecule has 0 aliphatic carbocycles. The minimum atomic E-state index is 0.575. The van der Waals surface area contributed by atoms with Crippen molar-refractivity contribution in [1.82, 2.24) is 19.7 Å². The van der Waals surface area contributed by atoms with Gasteiger partial charge >= 0.3 is 0 Å². The van der Waals surface area contributed by atoms with Gasteiger partial charge in [-0.2, -0.15) is 9.78 Å². The van der Waals surface area contributed by atoms with Crippen LogP contribution in [0, 0.1) is 0 Å². The molecule has 0 aromatic carbocycles. The molecule has 0 amide bonds. The van der Waals surface area contributed by atoms with Crippen molar-refractivity contribution in [3.8, 4) is 5.82 Å². The van der Waals surface area contributed by atoms with Crippen molar-refractivity contribution in [2.45, 2.75) is 11.9 Å². The van der Waals surface area contributed by atoms with E-state index in [0.29, 0.717) is 11.6 Å². The first-order chi connectivity index (χ1) is 7.31. The molecule has 2 aromatic heterocycles. The number of nitrogens with two attached hydrogens (primary N) is 1. The molecule has 2 N–H and O–H groups in total. The van der Waals surface area contributed by atoms with Crippen LogP contribution in [0.2, 0.25) is 0 Å². The Labute approximate surface area is 91.7 Å². The van der Waals surface area contributed by atoms with E-state index in [0.717, 1.165) is 10.8 Å². The first kappa shape index (κ1) is 9.97. The number of hydrogen-bond acceptors (Lipinski definition) is 5. The average molecular weight is 221 g/mol. The summed E-state index contributed by atoms with van der Waals surface area (Å²) >= 11 is 1.64. The predicted molar refractivity (Wildman–Crippen MR) is 60.0 cm³/mol. The van der Waals surface area contributed by atoms with Gasteiger partial charge in [0.2, 0.25) is 0 Å². The van der Waals surface area contributed by atoms with E-state index in [4.69, 9.17) is 5.73 Å². The molecule has 0 unspecified atom stereocenters. The van der Waals surface area contributed by atoms with E-state index in [1.54, 1.807) is 35.0 Å². The zero-order valence-electron chi connectivity index (χ0n) is 8.29. The highest BCUT2D eigenvalue weighted by molar-refractivity contribution is 7.99. The van der Waals surface area contributed by atoms with Gasteiger partial charge in [-0.05, 0) is 5.75 Å². The minimum Gasteiger partial charge on any atom is -0.383 e. The maximum Gasteiger partial charge on any atom is 0.174 e. The van der Waals surface area contributed by atoms with Crippen molar-refractivity contribution < 1.29 is 0 Å². The van der Waals surface area contributed by atoms with Gasteiger partial charge in [0.25, 0.3) is 0 Å². The Bertz CT molecular complexity index is 439. The van der Waals surface area contributed by atoms with Gasteiger partial charge in [-0.15, -0.1) is 11.8 Å². The van der Waals surface area contributed by atoms with Crippen molar-refractivity contribution in [1.29, 1.82) is 0 Å². The molecule has 0 radical (unpaired) electrons.